The van der Waals surface area contributed by atoms with Gasteiger partial charge in [-0.2, -0.15) is 5.26 Å². The number of halogens is 4. The van der Waals surface area contributed by atoms with Crippen LogP contribution in [0.5, 0.6) is 0 Å². The second-order valence-electron chi connectivity index (χ2n) is 11.6. The van der Waals surface area contributed by atoms with E-state index >= 15 is 8.78 Å². The van der Waals surface area contributed by atoms with Gasteiger partial charge >= 0.3 is 0 Å². The van der Waals surface area contributed by atoms with E-state index in [1.54, 1.807) is 18.2 Å². The molecule has 208 valence electrons. The Kier molecular flexibility index (Phi) is 8.78. The van der Waals surface area contributed by atoms with E-state index in [1.807, 2.05) is 19.1 Å². The molecule has 39 heavy (non-hydrogen) atoms. The number of benzene rings is 2. The third-order valence-corrected chi connectivity index (χ3v) is 8.26. The molecule has 4 rings (SSSR count). The van der Waals surface area contributed by atoms with Gasteiger partial charge in [-0.25, -0.2) is 8.78 Å². The minimum absolute atomic E-state index is 0.0911. The van der Waals surface area contributed by atoms with Crippen molar-refractivity contribution in [1.29, 1.82) is 5.26 Å². The molecule has 2 heterocycles. The molecule has 3 aromatic rings. The number of likely N-dealkylation sites (tertiary alicyclic amines) is 1. The van der Waals surface area contributed by atoms with Crippen molar-refractivity contribution in [3.8, 4) is 6.07 Å². The first-order chi connectivity index (χ1) is 18.4. The highest BCUT2D eigenvalue weighted by atomic mass is 35.5. The van der Waals surface area contributed by atoms with Crippen molar-refractivity contribution in [2.24, 2.45) is 5.41 Å². The number of aliphatic hydroxyl groups is 1. The van der Waals surface area contributed by atoms with Crippen LogP contribution in [0.15, 0.2) is 52.9 Å². The molecule has 0 unspecified atom stereocenters. The molecule has 1 aliphatic rings. The first-order valence-electron chi connectivity index (χ1n) is 13.2. The number of nitrogens with zero attached hydrogens (tertiary/aromatic N) is 2. The van der Waals surface area contributed by atoms with Crippen molar-refractivity contribution in [1.82, 2.24) is 4.90 Å². The van der Waals surface area contributed by atoms with Crippen LogP contribution in [0.3, 0.4) is 0 Å². The Morgan fingerprint density at radius 1 is 1.13 bits per heavy atom. The number of hydrogen-bond acceptors (Lipinski definition) is 4. The predicted molar refractivity (Wildman–Crippen MR) is 150 cm³/mol. The minimum atomic E-state index is -1.54. The molecule has 1 fully saturated rings. The Bertz CT molecular complexity index is 1360. The van der Waals surface area contributed by atoms with Crippen LogP contribution in [0.25, 0.3) is 0 Å². The molecule has 0 amide bonds. The highest BCUT2D eigenvalue weighted by Crippen LogP contribution is 2.56. The smallest absolute Gasteiger partial charge is 0.145 e. The van der Waals surface area contributed by atoms with E-state index in [0.717, 1.165) is 11.5 Å². The number of nitriles is 1. The van der Waals surface area contributed by atoms with Crippen molar-refractivity contribution in [3.05, 3.63) is 92.9 Å². The normalized spacial score (nSPS) is 23.7. The molecular weight excluding hydrogens is 541 g/mol. The highest BCUT2D eigenvalue weighted by molar-refractivity contribution is 6.31. The van der Waals surface area contributed by atoms with Gasteiger partial charge in [0.05, 0.1) is 17.7 Å². The number of aliphatic hydroxyl groups excluding tert-OH is 1. The molecule has 1 saturated heterocycles. The second-order valence-corrected chi connectivity index (χ2v) is 12.5. The molecular formula is C31H34Cl2F2N2O2. The van der Waals surface area contributed by atoms with Gasteiger partial charge in [-0.05, 0) is 67.6 Å². The maximum absolute atomic E-state index is 15.8. The third kappa shape index (κ3) is 5.74. The molecule has 4 nitrogen and oxygen atoms in total. The van der Waals surface area contributed by atoms with Crippen molar-refractivity contribution in [2.75, 3.05) is 13.2 Å². The fraction of sp³-hybridized carbons (Fsp3) is 0.452. The lowest BCUT2D eigenvalue weighted by atomic mass is 9.62. The number of aryl methyl sites for hydroxylation is 2. The molecule has 1 aliphatic heterocycles. The molecule has 0 saturated carbocycles. The quantitative estimate of drug-likeness (QED) is 0.297. The largest absolute Gasteiger partial charge is 0.466 e. The van der Waals surface area contributed by atoms with Gasteiger partial charge in [0.25, 0.3) is 0 Å². The monoisotopic (exact) mass is 574 g/mol. The summed E-state index contributed by atoms with van der Waals surface area (Å²) < 4.78 is 37.3. The molecule has 2 aromatic carbocycles. The molecule has 0 bridgehead atoms. The van der Waals surface area contributed by atoms with Gasteiger partial charge in [-0.1, -0.05) is 62.2 Å². The fourth-order valence-electron chi connectivity index (χ4n) is 6.23. The van der Waals surface area contributed by atoms with E-state index in [9.17, 15) is 10.4 Å². The van der Waals surface area contributed by atoms with Gasteiger partial charge < -0.3 is 9.52 Å². The zero-order chi connectivity index (χ0) is 28.5. The predicted octanol–water partition coefficient (Wildman–Crippen LogP) is 7.83. The van der Waals surface area contributed by atoms with Crippen molar-refractivity contribution >= 4 is 23.2 Å². The van der Waals surface area contributed by atoms with E-state index in [2.05, 4.69) is 31.7 Å². The Morgan fingerprint density at radius 3 is 2.46 bits per heavy atom. The van der Waals surface area contributed by atoms with Crippen LogP contribution in [0.2, 0.25) is 10.0 Å². The van der Waals surface area contributed by atoms with Crippen LogP contribution in [0.4, 0.5) is 8.78 Å². The van der Waals surface area contributed by atoms with Crippen LogP contribution in [-0.4, -0.2) is 35.2 Å². The lowest BCUT2D eigenvalue weighted by molar-refractivity contribution is 0.0977. The SMILES string of the molecule is Cc1ccc(CCCN2[C@@H](CC(C)(C)C)[C@](C#N)(c3ccc(Cl)cc3F)[C@@H](c3cccc(Cl)c3F)[C@@H]2CO)o1. The average Bonchev–Trinajstić information content (AvgIpc) is 3.39. The Balaban J connectivity index is 1.93. The zero-order valence-corrected chi connectivity index (χ0v) is 24.2. The van der Waals surface area contributed by atoms with Gasteiger partial charge in [0, 0.05) is 35.0 Å². The van der Waals surface area contributed by atoms with Crippen LogP contribution in [0, 0.1) is 35.3 Å². The summed E-state index contributed by atoms with van der Waals surface area (Å²) in [5.74, 6) is -0.547. The number of furan rings is 1. The van der Waals surface area contributed by atoms with Crippen LogP contribution >= 0.6 is 23.2 Å². The summed E-state index contributed by atoms with van der Waals surface area (Å²) in [5.41, 5.74) is -1.49. The molecule has 0 aliphatic carbocycles. The molecule has 1 N–H and O–H groups in total. The maximum atomic E-state index is 15.8. The molecule has 8 heteroatoms. The summed E-state index contributed by atoms with van der Waals surface area (Å²) in [7, 11) is 0. The standard InChI is InChI=1S/C31H34Cl2F2N2O2/c1-19-10-12-21(39-19)7-6-14-37-26(17-38)28(22-8-5-9-24(33)29(22)35)31(18-36,27(37)16-30(2,3)4)23-13-11-20(32)15-25(23)34/h5,8-13,15,26-28,38H,6-7,14,16-17H2,1-4H3/t26-,27-,28-,31-/m0/s1. The van der Waals surface area contributed by atoms with Crippen molar-refractivity contribution in [3.63, 3.8) is 0 Å². The number of rotatable bonds is 8. The molecule has 4 atom stereocenters. The topological polar surface area (TPSA) is 60.4 Å². The summed E-state index contributed by atoms with van der Waals surface area (Å²) in [4.78, 5) is 2.07. The third-order valence-electron chi connectivity index (χ3n) is 7.73. The van der Waals surface area contributed by atoms with E-state index in [1.165, 1.54) is 18.2 Å². The van der Waals surface area contributed by atoms with Crippen molar-refractivity contribution in [2.45, 2.75) is 70.4 Å². The van der Waals surface area contributed by atoms with Gasteiger partial charge in [-0.15, -0.1) is 0 Å². The summed E-state index contributed by atoms with van der Waals surface area (Å²) >= 11 is 12.3. The van der Waals surface area contributed by atoms with Crippen LogP contribution in [0.1, 0.15) is 62.2 Å². The zero-order valence-electron chi connectivity index (χ0n) is 22.6. The minimum Gasteiger partial charge on any atom is -0.466 e. The summed E-state index contributed by atoms with van der Waals surface area (Å²) in [6.07, 6.45) is 1.81. The Hall–Kier alpha value is -2.43. The highest BCUT2D eigenvalue weighted by Gasteiger charge is 2.62. The lowest BCUT2D eigenvalue weighted by Crippen LogP contribution is -2.47. The fourth-order valence-corrected chi connectivity index (χ4v) is 6.57. The molecule has 1 aromatic heterocycles. The summed E-state index contributed by atoms with van der Waals surface area (Å²) in [5, 5.41) is 22.0. The number of hydrogen-bond donors (Lipinski definition) is 1. The van der Waals surface area contributed by atoms with Crippen LogP contribution in [-0.2, 0) is 11.8 Å². The first kappa shape index (κ1) is 29.6. The van der Waals surface area contributed by atoms with Crippen molar-refractivity contribution < 1.29 is 18.3 Å². The first-order valence-corrected chi connectivity index (χ1v) is 13.9. The van der Waals surface area contributed by atoms with Gasteiger partial charge in [0.15, 0.2) is 0 Å². The Labute approximate surface area is 239 Å². The van der Waals surface area contributed by atoms with E-state index < -0.39 is 35.1 Å². The van der Waals surface area contributed by atoms with Gasteiger partial charge in [0.1, 0.15) is 28.6 Å². The van der Waals surface area contributed by atoms with E-state index in [0.29, 0.717) is 25.8 Å². The molecule has 0 radical (unpaired) electrons. The lowest BCUT2D eigenvalue weighted by Gasteiger charge is -2.39. The molecule has 0 spiro atoms. The van der Waals surface area contributed by atoms with Gasteiger partial charge in [-0.3, -0.25) is 4.90 Å². The van der Waals surface area contributed by atoms with E-state index in [-0.39, 0.29) is 33.2 Å². The van der Waals surface area contributed by atoms with Crippen LogP contribution < -0.4 is 0 Å². The maximum Gasteiger partial charge on any atom is 0.145 e. The average molecular weight is 576 g/mol. The Morgan fingerprint density at radius 2 is 1.87 bits per heavy atom. The summed E-state index contributed by atoms with van der Waals surface area (Å²) in [6.45, 7) is 8.19. The summed E-state index contributed by atoms with van der Waals surface area (Å²) in [6, 6.07) is 14.0. The van der Waals surface area contributed by atoms with Gasteiger partial charge in [0.2, 0.25) is 0 Å². The second kappa shape index (κ2) is 11.6. The van der Waals surface area contributed by atoms with E-state index in [4.69, 9.17) is 27.6 Å².